The van der Waals surface area contributed by atoms with Crippen molar-refractivity contribution >= 4 is 11.7 Å². The Kier molecular flexibility index (Phi) is 4.10. The van der Waals surface area contributed by atoms with Gasteiger partial charge in [-0.1, -0.05) is 12.1 Å². The predicted octanol–water partition coefficient (Wildman–Crippen LogP) is 1.84. The van der Waals surface area contributed by atoms with Gasteiger partial charge in [0, 0.05) is 20.1 Å². The van der Waals surface area contributed by atoms with Crippen molar-refractivity contribution in [3.8, 4) is 11.5 Å². The zero-order valence-electron chi connectivity index (χ0n) is 16.2. The topological polar surface area (TPSA) is 67.8 Å². The number of likely N-dealkylation sites (N-methyl/N-ethyl adjacent to an activating group) is 1. The van der Waals surface area contributed by atoms with E-state index < -0.39 is 6.10 Å². The molecular weight excluding hydrogens is 356 g/mol. The molecule has 0 bridgehead atoms. The number of anilines is 1. The Labute approximate surface area is 164 Å². The maximum atomic E-state index is 13.0. The van der Waals surface area contributed by atoms with Crippen molar-refractivity contribution in [1.82, 2.24) is 15.1 Å². The summed E-state index contributed by atoms with van der Waals surface area (Å²) < 4.78 is 11.8. The van der Waals surface area contributed by atoms with E-state index in [0.29, 0.717) is 11.5 Å². The molecule has 2 aromatic rings. The van der Waals surface area contributed by atoms with Gasteiger partial charge in [0.2, 0.25) is 6.10 Å². The molecule has 1 amide bonds. The van der Waals surface area contributed by atoms with Crippen molar-refractivity contribution < 1.29 is 14.3 Å². The number of hydrogen-bond donors (Lipinski definition) is 0. The Morgan fingerprint density at radius 2 is 1.89 bits per heavy atom. The minimum Gasteiger partial charge on any atom is -0.482 e. The van der Waals surface area contributed by atoms with Gasteiger partial charge in [0.15, 0.2) is 17.3 Å². The zero-order valence-corrected chi connectivity index (χ0v) is 16.2. The molecule has 146 valence electrons. The summed E-state index contributed by atoms with van der Waals surface area (Å²) in [5.74, 6) is 2.17. The molecule has 0 spiro atoms. The molecule has 1 aliphatic carbocycles. The quantitative estimate of drug-likeness (QED) is 0.810. The molecule has 7 nitrogen and oxygen atoms in total. The molecule has 1 fully saturated rings. The second-order valence-electron chi connectivity index (χ2n) is 7.84. The number of aromatic nitrogens is 2. The minimum absolute atomic E-state index is 0.0494. The molecular formula is C21H24N4O3. The van der Waals surface area contributed by atoms with Gasteiger partial charge in [-0.3, -0.25) is 4.79 Å². The van der Waals surface area contributed by atoms with Gasteiger partial charge >= 0.3 is 0 Å². The molecule has 0 N–H and O–H groups in total. The Bertz CT molecular complexity index is 912. The highest BCUT2D eigenvalue weighted by Gasteiger charge is 2.41. The van der Waals surface area contributed by atoms with Crippen LogP contribution < -0.4 is 14.4 Å². The molecule has 7 heteroatoms. The molecule has 1 aromatic heterocycles. The molecule has 3 heterocycles. The number of para-hydroxylation sites is 2. The van der Waals surface area contributed by atoms with Crippen LogP contribution in [-0.4, -0.2) is 59.4 Å². The van der Waals surface area contributed by atoms with Crippen LogP contribution in [0.4, 0.5) is 5.82 Å². The molecule has 2 unspecified atom stereocenters. The molecule has 1 aromatic carbocycles. The summed E-state index contributed by atoms with van der Waals surface area (Å²) in [6.45, 7) is 3.39. The number of benzene rings is 1. The molecule has 2 atom stereocenters. The average Bonchev–Trinajstić information content (AvgIpc) is 3.13. The van der Waals surface area contributed by atoms with Crippen LogP contribution >= 0.6 is 0 Å². The normalized spacial score (nSPS) is 23.1. The zero-order chi connectivity index (χ0) is 19.3. The van der Waals surface area contributed by atoms with Crippen molar-refractivity contribution in [2.75, 3.05) is 25.0 Å². The van der Waals surface area contributed by atoms with E-state index in [2.05, 4.69) is 21.2 Å². The maximum absolute atomic E-state index is 13.0. The second-order valence-corrected chi connectivity index (χ2v) is 7.84. The molecule has 0 saturated carbocycles. The summed E-state index contributed by atoms with van der Waals surface area (Å²) in [5, 5.41) is 8.73. The number of ether oxygens (including phenoxy) is 2. The first-order valence-corrected chi connectivity index (χ1v) is 9.89. The van der Waals surface area contributed by atoms with E-state index in [1.165, 1.54) is 5.56 Å². The van der Waals surface area contributed by atoms with E-state index in [1.807, 2.05) is 38.2 Å². The van der Waals surface area contributed by atoms with Gasteiger partial charge in [-0.15, -0.1) is 5.10 Å². The van der Waals surface area contributed by atoms with Crippen LogP contribution in [-0.2, 0) is 17.6 Å². The van der Waals surface area contributed by atoms with Crippen LogP contribution in [0, 0.1) is 0 Å². The summed E-state index contributed by atoms with van der Waals surface area (Å²) in [6.07, 6.45) is 2.33. The van der Waals surface area contributed by atoms with Gasteiger partial charge in [-0.05, 0) is 49.9 Å². The maximum Gasteiger partial charge on any atom is 0.267 e. The lowest BCUT2D eigenvalue weighted by atomic mass is 10.0. The number of carbonyl (C=O) groups is 1. The van der Waals surface area contributed by atoms with E-state index in [1.54, 1.807) is 4.90 Å². The highest BCUT2D eigenvalue weighted by molar-refractivity contribution is 5.83. The van der Waals surface area contributed by atoms with Gasteiger partial charge in [-0.25, -0.2) is 0 Å². The number of nitrogens with zero attached hydrogens (tertiary/aromatic N) is 4. The second kappa shape index (κ2) is 6.65. The van der Waals surface area contributed by atoms with Crippen LogP contribution in [0.2, 0.25) is 0 Å². The van der Waals surface area contributed by atoms with Crippen LogP contribution in [0.5, 0.6) is 11.5 Å². The fourth-order valence-electron chi connectivity index (χ4n) is 4.13. The SMILES string of the molecule is CC1Oc2ccccc2OC1C(=O)N(C)C1CN(c2cc3c(nn2)CCC3)C1. The number of rotatable bonds is 3. The number of hydrogen-bond acceptors (Lipinski definition) is 6. The van der Waals surface area contributed by atoms with Crippen LogP contribution in [0.25, 0.3) is 0 Å². The highest BCUT2D eigenvalue weighted by atomic mass is 16.6. The fourth-order valence-corrected chi connectivity index (χ4v) is 4.13. The molecule has 28 heavy (non-hydrogen) atoms. The largest absolute Gasteiger partial charge is 0.482 e. The third-order valence-electron chi connectivity index (χ3n) is 5.97. The fraction of sp³-hybridized carbons (Fsp3) is 0.476. The van der Waals surface area contributed by atoms with Crippen LogP contribution in [0.1, 0.15) is 24.6 Å². The standard InChI is InChI=1S/C21H24N4O3/c1-13-20(28-18-9-4-3-8-17(18)27-13)21(26)24(2)15-11-25(12-15)19-10-14-6-5-7-16(14)22-23-19/h3-4,8-10,13,15,20H,5-7,11-12H2,1-2H3. The van der Waals surface area contributed by atoms with Gasteiger partial charge in [-0.2, -0.15) is 5.10 Å². The monoisotopic (exact) mass is 380 g/mol. The first kappa shape index (κ1) is 17.3. The van der Waals surface area contributed by atoms with Crippen LogP contribution in [0.15, 0.2) is 30.3 Å². The third kappa shape index (κ3) is 2.85. The summed E-state index contributed by atoms with van der Waals surface area (Å²) in [4.78, 5) is 17.0. The summed E-state index contributed by atoms with van der Waals surface area (Å²) in [7, 11) is 1.84. The van der Waals surface area contributed by atoms with E-state index in [0.717, 1.165) is 43.9 Å². The van der Waals surface area contributed by atoms with Crippen LogP contribution in [0.3, 0.4) is 0 Å². The van der Waals surface area contributed by atoms with Gasteiger partial charge < -0.3 is 19.3 Å². The Morgan fingerprint density at radius 1 is 1.14 bits per heavy atom. The van der Waals surface area contributed by atoms with Crippen molar-refractivity contribution in [3.05, 3.63) is 41.6 Å². The number of fused-ring (bicyclic) bond motifs is 2. The minimum atomic E-state index is -0.631. The van der Waals surface area contributed by atoms with E-state index in [-0.39, 0.29) is 18.1 Å². The smallest absolute Gasteiger partial charge is 0.267 e. The van der Waals surface area contributed by atoms with E-state index in [4.69, 9.17) is 9.47 Å². The molecule has 2 aliphatic heterocycles. The lowest BCUT2D eigenvalue weighted by Gasteiger charge is -2.45. The van der Waals surface area contributed by atoms with E-state index in [9.17, 15) is 4.79 Å². The lowest BCUT2D eigenvalue weighted by Crippen LogP contribution is -2.63. The summed E-state index contributed by atoms with van der Waals surface area (Å²) in [6, 6.07) is 9.76. The molecule has 3 aliphatic rings. The lowest BCUT2D eigenvalue weighted by molar-refractivity contribution is -0.145. The molecule has 0 radical (unpaired) electrons. The summed E-state index contributed by atoms with van der Waals surface area (Å²) in [5.41, 5.74) is 2.45. The third-order valence-corrected chi connectivity index (χ3v) is 5.97. The Morgan fingerprint density at radius 3 is 2.68 bits per heavy atom. The average molecular weight is 380 g/mol. The predicted molar refractivity (Wildman–Crippen MR) is 104 cm³/mol. The number of amides is 1. The number of carbonyl (C=O) groups excluding carboxylic acids is 1. The van der Waals surface area contributed by atoms with Crippen molar-refractivity contribution in [1.29, 1.82) is 0 Å². The molecule has 5 rings (SSSR count). The van der Waals surface area contributed by atoms with E-state index >= 15 is 0 Å². The van der Waals surface area contributed by atoms with Gasteiger partial charge in [0.05, 0.1) is 11.7 Å². The van der Waals surface area contributed by atoms with Gasteiger partial charge in [0.25, 0.3) is 5.91 Å². The van der Waals surface area contributed by atoms with Gasteiger partial charge in [0.1, 0.15) is 6.10 Å². The number of aryl methyl sites for hydroxylation is 2. The first-order valence-electron chi connectivity index (χ1n) is 9.89. The Hall–Kier alpha value is -2.83. The Balaban J connectivity index is 1.23. The first-order chi connectivity index (χ1) is 13.6. The highest BCUT2D eigenvalue weighted by Crippen LogP contribution is 2.34. The van der Waals surface area contributed by atoms with Crippen molar-refractivity contribution in [2.24, 2.45) is 0 Å². The van der Waals surface area contributed by atoms with Crippen molar-refractivity contribution in [2.45, 2.75) is 44.4 Å². The summed E-state index contributed by atoms with van der Waals surface area (Å²) >= 11 is 0. The molecule has 1 saturated heterocycles. The van der Waals surface area contributed by atoms with Crippen molar-refractivity contribution in [3.63, 3.8) is 0 Å².